The average Bonchev–Trinajstić information content (AvgIpc) is 2.16. The Hall–Kier alpha value is -0.790. The molecule has 0 saturated heterocycles. The number of nitrogens with one attached hydrogen (secondary N) is 1. The lowest BCUT2D eigenvalue weighted by Crippen LogP contribution is -2.25. The quantitative estimate of drug-likeness (QED) is 0.477. The van der Waals surface area contributed by atoms with Gasteiger partial charge in [0.1, 0.15) is 0 Å². The van der Waals surface area contributed by atoms with Crippen molar-refractivity contribution in [2.24, 2.45) is 0 Å². The van der Waals surface area contributed by atoms with Crippen LogP contribution in [0.4, 0.5) is 0 Å². The standard InChI is InChI=1S/C11H21NO/c1-4-6-7-8-9-12-11(13)10(3)5-2/h3-9H2,1-2H3,(H,12,13). The highest BCUT2D eigenvalue weighted by molar-refractivity contribution is 5.92. The minimum absolute atomic E-state index is 0.0130. The first kappa shape index (κ1) is 12.2. The van der Waals surface area contributed by atoms with Crippen LogP contribution < -0.4 is 5.32 Å². The van der Waals surface area contributed by atoms with E-state index in [1.54, 1.807) is 0 Å². The van der Waals surface area contributed by atoms with Gasteiger partial charge in [0.25, 0.3) is 0 Å². The van der Waals surface area contributed by atoms with Crippen molar-refractivity contribution in [2.75, 3.05) is 6.54 Å². The van der Waals surface area contributed by atoms with Crippen molar-refractivity contribution in [3.8, 4) is 0 Å². The third kappa shape index (κ3) is 6.38. The fourth-order valence-corrected chi connectivity index (χ4v) is 1.04. The summed E-state index contributed by atoms with van der Waals surface area (Å²) in [7, 11) is 0. The molecule has 0 aliphatic carbocycles. The molecule has 1 N–H and O–H groups in total. The summed E-state index contributed by atoms with van der Waals surface area (Å²) in [5.41, 5.74) is 0.676. The van der Waals surface area contributed by atoms with Crippen LogP contribution in [0, 0.1) is 0 Å². The number of unbranched alkanes of at least 4 members (excludes halogenated alkanes) is 3. The molecule has 0 fully saturated rings. The van der Waals surface area contributed by atoms with Gasteiger partial charge in [-0.1, -0.05) is 39.7 Å². The Morgan fingerprint density at radius 3 is 2.46 bits per heavy atom. The Balaban J connectivity index is 3.32. The summed E-state index contributed by atoms with van der Waals surface area (Å²) in [6.45, 7) is 8.59. The van der Waals surface area contributed by atoms with E-state index in [0.717, 1.165) is 19.4 Å². The first-order valence-corrected chi connectivity index (χ1v) is 5.18. The summed E-state index contributed by atoms with van der Waals surface area (Å²) in [5.74, 6) is 0.0130. The molecule has 0 heterocycles. The lowest BCUT2D eigenvalue weighted by atomic mass is 10.2. The second-order valence-electron chi connectivity index (χ2n) is 3.27. The van der Waals surface area contributed by atoms with Crippen LogP contribution in [-0.4, -0.2) is 12.5 Å². The van der Waals surface area contributed by atoms with Crippen LogP contribution >= 0.6 is 0 Å². The number of hydrogen-bond donors (Lipinski definition) is 1. The van der Waals surface area contributed by atoms with E-state index in [1.807, 2.05) is 6.92 Å². The van der Waals surface area contributed by atoms with Crippen LogP contribution in [0.1, 0.15) is 46.0 Å². The molecule has 0 rings (SSSR count). The first-order chi connectivity index (χ1) is 6.22. The fraction of sp³-hybridized carbons (Fsp3) is 0.727. The maximum absolute atomic E-state index is 11.2. The molecule has 0 aromatic rings. The predicted octanol–water partition coefficient (Wildman–Crippen LogP) is 2.65. The summed E-state index contributed by atoms with van der Waals surface area (Å²) < 4.78 is 0. The highest BCUT2D eigenvalue weighted by Gasteiger charge is 2.01. The molecule has 0 atom stereocenters. The molecular weight excluding hydrogens is 162 g/mol. The van der Waals surface area contributed by atoms with E-state index in [9.17, 15) is 4.79 Å². The van der Waals surface area contributed by atoms with E-state index >= 15 is 0 Å². The average molecular weight is 183 g/mol. The molecule has 76 valence electrons. The van der Waals surface area contributed by atoms with Gasteiger partial charge in [-0.25, -0.2) is 0 Å². The van der Waals surface area contributed by atoms with E-state index in [1.165, 1.54) is 19.3 Å². The maximum Gasteiger partial charge on any atom is 0.246 e. The summed E-state index contributed by atoms with van der Waals surface area (Å²) in [6.07, 6.45) is 5.51. The number of rotatable bonds is 7. The fourth-order valence-electron chi connectivity index (χ4n) is 1.04. The van der Waals surface area contributed by atoms with Crippen molar-refractivity contribution < 1.29 is 4.79 Å². The smallest absolute Gasteiger partial charge is 0.246 e. The minimum atomic E-state index is 0.0130. The molecule has 0 saturated carbocycles. The van der Waals surface area contributed by atoms with Gasteiger partial charge in [-0.2, -0.15) is 0 Å². The largest absolute Gasteiger partial charge is 0.352 e. The molecule has 0 spiro atoms. The molecule has 1 amide bonds. The van der Waals surface area contributed by atoms with E-state index in [-0.39, 0.29) is 5.91 Å². The summed E-state index contributed by atoms with van der Waals surface area (Å²) >= 11 is 0. The van der Waals surface area contributed by atoms with E-state index < -0.39 is 0 Å². The third-order valence-corrected chi connectivity index (χ3v) is 2.06. The van der Waals surface area contributed by atoms with Crippen molar-refractivity contribution in [3.63, 3.8) is 0 Å². The minimum Gasteiger partial charge on any atom is -0.352 e. The molecule has 0 aromatic heterocycles. The van der Waals surface area contributed by atoms with E-state index in [2.05, 4.69) is 18.8 Å². The monoisotopic (exact) mass is 183 g/mol. The van der Waals surface area contributed by atoms with Crippen LogP contribution in [0.5, 0.6) is 0 Å². The lowest BCUT2D eigenvalue weighted by Gasteiger charge is -2.05. The van der Waals surface area contributed by atoms with Gasteiger partial charge < -0.3 is 5.32 Å². The maximum atomic E-state index is 11.2. The highest BCUT2D eigenvalue weighted by Crippen LogP contribution is 1.99. The van der Waals surface area contributed by atoms with Crippen LogP contribution in [0.25, 0.3) is 0 Å². The van der Waals surface area contributed by atoms with Crippen molar-refractivity contribution in [3.05, 3.63) is 12.2 Å². The summed E-state index contributed by atoms with van der Waals surface area (Å²) in [6, 6.07) is 0. The van der Waals surface area contributed by atoms with Crippen LogP contribution in [0.2, 0.25) is 0 Å². The van der Waals surface area contributed by atoms with Gasteiger partial charge in [-0.15, -0.1) is 0 Å². The van der Waals surface area contributed by atoms with E-state index in [4.69, 9.17) is 0 Å². The number of carbonyl (C=O) groups is 1. The Morgan fingerprint density at radius 1 is 1.23 bits per heavy atom. The van der Waals surface area contributed by atoms with Gasteiger partial charge in [0.15, 0.2) is 0 Å². The lowest BCUT2D eigenvalue weighted by molar-refractivity contribution is -0.117. The molecule has 0 bridgehead atoms. The predicted molar refractivity (Wildman–Crippen MR) is 56.6 cm³/mol. The van der Waals surface area contributed by atoms with Gasteiger partial charge in [0, 0.05) is 12.1 Å². The van der Waals surface area contributed by atoms with Crippen molar-refractivity contribution in [2.45, 2.75) is 46.0 Å². The zero-order valence-electron chi connectivity index (χ0n) is 8.86. The topological polar surface area (TPSA) is 29.1 Å². The molecule has 0 aliphatic heterocycles. The first-order valence-electron chi connectivity index (χ1n) is 5.18. The molecule has 0 unspecified atom stereocenters. The summed E-state index contributed by atoms with van der Waals surface area (Å²) in [4.78, 5) is 11.2. The molecule has 0 aliphatic rings. The Labute approximate surface area is 81.4 Å². The van der Waals surface area contributed by atoms with Crippen LogP contribution in [0.15, 0.2) is 12.2 Å². The van der Waals surface area contributed by atoms with Gasteiger partial charge in [-0.05, 0) is 12.8 Å². The van der Waals surface area contributed by atoms with Crippen molar-refractivity contribution >= 4 is 5.91 Å². The second kappa shape index (κ2) is 7.84. The van der Waals surface area contributed by atoms with Crippen molar-refractivity contribution in [1.82, 2.24) is 5.32 Å². The van der Waals surface area contributed by atoms with Gasteiger partial charge in [0.2, 0.25) is 5.91 Å². The molecule has 2 heteroatoms. The third-order valence-electron chi connectivity index (χ3n) is 2.06. The Morgan fingerprint density at radius 2 is 1.92 bits per heavy atom. The second-order valence-corrected chi connectivity index (χ2v) is 3.27. The number of amides is 1. The Bertz CT molecular complexity index is 163. The van der Waals surface area contributed by atoms with E-state index in [0.29, 0.717) is 5.57 Å². The molecule has 2 nitrogen and oxygen atoms in total. The van der Waals surface area contributed by atoms with Gasteiger partial charge >= 0.3 is 0 Å². The SMILES string of the molecule is C=C(CC)C(=O)NCCCCCC. The molecule has 0 radical (unpaired) electrons. The molecule has 0 aromatic carbocycles. The number of carbonyl (C=O) groups excluding carboxylic acids is 1. The zero-order chi connectivity index (χ0) is 10.1. The normalized spacial score (nSPS) is 9.69. The van der Waals surface area contributed by atoms with Gasteiger partial charge in [0.05, 0.1) is 0 Å². The van der Waals surface area contributed by atoms with Gasteiger partial charge in [-0.3, -0.25) is 4.79 Å². The number of hydrogen-bond acceptors (Lipinski definition) is 1. The van der Waals surface area contributed by atoms with Crippen LogP contribution in [-0.2, 0) is 4.79 Å². The Kier molecular flexibility index (Phi) is 7.36. The highest BCUT2D eigenvalue weighted by atomic mass is 16.1. The molecule has 13 heavy (non-hydrogen) atoms. The van der Waals surface area contributed by atoms with Crippen LogP contribution in [0.3, 0.4) is 0 Å². The van der Waals surface area contributed by atoms with Crippen molar-refractivity contribution in [1.29, 1.82) is 0 Å². The zero-order valence-corrected chi connectivity index (χ0v) is 8.86. The molecular formula is C11H21NO. The summed E-state index contributed by atoms with van der Waals surface area (Å²) in [5, 5.41) is 2.85.